The number of aryl methyl sites for hydroxylation is 3. The minimum atomic E-state index is -0.111. The summed E-state index contributed by atoms with van der Waals surface area (Å²) in [6.45, 7) is 8.14. The number of benzene rings is 2. The monoisotopic (exact) mass is 353 g/mol. The van der Waals surface area contributed by atoms with E-state index >= 15 is 0 Å². The highest BCUT2D eigenvalue weighted by molar-refractivity contribution is 5.95. The van der Waals surface area contributed by atoms with Gasteiger partial charge in [0.1, 0.15) is 0 Å². The molecule has 138 valence electrons. The van der Waals surface area contributed by atoms with Crippen LogP contribution in [0.5, 0.6) is 0 Å². The molecule has 0 radical (unpaired) electrons. The first kappa shape index (κ1) is 19.5. The van der Waals surface area contributed by atoms with Gasteiger partial charge in [-0.05, 0) is 56.5 Å². The van der Waals surface area contributed by atoms with Crippen LogP contribution in [0.4, 0.5) is 17.1 Å². The fraction of sp³-hybridized carbons (Fsp3) is 0.333. The maximum absolute atomic E-state index is 12.3. The van der Waals surface area contributed by atoms with Crippen molar-refractivity contribution in [3.63, 3.8) is 0 Å². The van der Waals surface area contributed by atoms with Crippen LogP contribution in [-0.4, -0.2) is 18.4 Å². The van der Waals surface area contributed by atoms with Gasteiger partial charge >= 0.3 is 0 Å². The smallest absolute Gasteiger partial charge is 0.243 e. The molecule has 3 N–H and O–H groups in total. The fourth-order valence-corrected chi connectivity index (χ4v) is 2.90. The van der Waals surface area contributed by atoms with Crippen LogP contribution in [0.1, 0.15) is 36.5 Å². The third kappa shape index (κ3) is 5.62. The Morgan fingerprint density at radius 2 is 1.54 bits per heavy atom. The lowest BCUT2D eigenvalue weighted by Gasteiger charge is -2.14. The number of carbonyl (C=O) groups excluding carboxylic acids is 2. The van der Waals surface area contributed by atoms with Crippen LogP contribution in [0.3, 0.4) is 0 Å². The molecule has 0 fully saturated rings. The van der Waals surface area contributed by atoms with E-state index in [0.29, 0.717) is 6.42 Å². The summed E-state index contributed by atoms with van der Waals surface area (Å²) in [6, 6.07) is 11.5. The summed E-state index contributed by atoms with van der Waals surface area (Å²) in [7, 11) is 0. The molecule has 0 unspecified atom stereocenters. The number of hydrogen-bond donors (Lipinski definition) is 3. The fourth-order valence-electron chi connectivity index (χ4n) is 2.90. The zero-order valence-corrected chi connectivity index (χ0v) is 15.9. The van der Waals surface area contributed by atoms with Gasteiger partial charge in [-0.2, -0.15) is 0 Å². The van der Waals surface area contributed by atoms with E-state index in [9.17, 15) is 9.59 Å². The van der Waals surface area contributed by atoms with Crippen molar-refractivity contribution in [2.24, 2.45) is 0 Å². The normalized spacial score (nSPS) is 10.3. The summed E-state index contributed by atoms with van der Waals surface area (Å²) in [5.74, 6) is -0.117. The van der Waals surface area contributed by atoms with Crippen molar-refractivity contribution in [2.75, 3.05) is 22.5 Å². The first-order valence-electron chi connectivity index (χ1n) is 8.90. The molecule has 0 aliphatic carbocycles. The molecule has 0 bridgehead atoms. The molecule has 0 aliphatic heterocycles. The summed E-state index contributed by atoms with van der Waals surface area (Å²) in [4.78, 5) is 24.0. The van der Waals surface area contributed by atoms with E-state index in [1.807, 2.05) is 52.0 Å². The van der Waals surface area contributed by atoms with Crippen molar-refractivity contribution >= 4 is 28.9 Å². The van der Waals surface area contributed by atoms with Gasteiger partial charge in [0.05, 0.1) is 6.54 Å². The van der Waals surface area contributed by atoms with Crippen LogP contribution in [0.25, 0.3) is 0 Å². The van der Waals surface area contributed by atoms with E-state index in [1.54, 1.807) is 0 Å². The lowest BCUT2D eigenvalue weighted by Crippen LogP contribution is -2.22. The molecule has 2 aromatic rings. The topological polar surface area (TPSA) is 70.2 Å². The average Bonchev–Trinajstić information content (AvgIpc) is 2.57. The second kappa shape index (κ2) is 9.04. The Bertz CT molecular complexity index is 777. The molecule has 5 heteroatoms. The molecule has 2 rings (SSSR count). The average molecular weight is 353 g/mol. The second-order valence-electron chi connectivity index (χ2n) is 6.55. The summed E-state index contributed by atoms with van der Waals surface area (Å²) in [5, 5.41) is 8.92. The zero-order valence-electron chi connectivity index (χ0n) is 15.9. The van der Waals surface area contributed by atoms with Gasteiger partial charge in [0.25, 0.3) is 0 Å². The van der Waals surface area contributed by atoms with E-state index in [2.05, 4.69) is 28.1 Å². The zero-order chi connectivity index (χ0) is 19.1. The van der Waals surface area contributed by atoms with Crippen molar-refractivity contribution in [1.29, 1.82) is 0 Å². The van der Waals surface area contributed by atoms with Gasteiger partial charge in [0.2, 0.25) is 11.8 Å². The highest BCUT2D eigenvalue weighted by Crippen LogP contribution is 2.22. The standard InChI is InChI=1S/C21H27N3O2/c1-5-7-19(25)23-18-9-6-8-17(12-18)22-13-20(26)24-21-15(3)10-14(2)11-16(21)4/h6,8-12,22H,5,7,13H2,1-4H3,(H,23,25)(H,24,26). The van der Waals surface area contributed by atoms with Crippen molar-refractivity contribution < 1.29 is 9.59 Å². The molecular weight excluding hydrogens is 326 g/mol. The first-order chi connectivity index (χ1) is 12.4. The van der Waals surface area contributed by atoms with Gasteiger partial charge in [-0.25, -0.2) is 0 Å². The number of anilines is 3. The largest absolute Gasteiger partial charge is 0.376 e. The van der Waals surface area contributed by atoms with E-state index in [-0.39, 0.29) is 18.4 Å². The van der Waals surface area contributed by atoms with Gasteiger partial charge in [0.15, 0.2) is 0 Å². The summed E-state index contributed by atoms with van der Waals surface area (Å²) >= 11 is 0. The predicted molar refractivity (Wildman–Crippen MR) is 108 cm³/mol. The highest BCUT2D eigenvalue weighted by Gasteiger charge is 2.08. The van der Waals surface area contributed by atoms with Crippen molar-refractivity contribution in [1.82, 2.24) is 0 Å². The Hall–Kier alpha value is -2.82. The molecule has 0 heterocycles. The van der Waals surface area contributed by atoms with E-state index in [1.165, 1.54) is 5.56 Å². The third-order valence-electron chi connectivity index (χ3n) is 4.02. The molecule has 26 heavy (non-hydrogen) atoms. The minimum absolute atomic E-state index is 0.00675. The van der Waals surface area contributed by atoms with Crippen molar-refractivity contribution in [2.45, 2.75) is 40.5 Å². The summed E-state index contributed by atoms with van der Waals surface area (Å²) in [5.41, 5.74) is 5.65. The Kier molecular flexibility index (Phi) is 6.78. The van der Waals surface area contributed by atoms with Crippen molar-refractivity contribution in [3.05, 3.63) is 53.1 Å². The van der Waals surface area contributed by atoms with Crippen LogP contribution in [-0.2, 0) is 9.59 Å². The van der Waals surface area contributed by atoms with Crippen LogP contribution >= 0.6 is 0 Å². The summed E-state index contributed by atoms with van der Waals surface area (Å²) in [6.07, 6.45) is 1.30. The molecule has 0 aromatic heterocycles. The molecule has 0 saturated carbocycles. The Morgan fingerprint density at radius 1 is 0.885 bits per heavy atom. The van der Waals surface area contributed by atoms with E-state index < -0.39 is 0 Å². The van der Waals surface area contributed by atoms with Gasteiger partial charge < -0.3 is 16.0 Å². The maximum atomic E-state index is 12.3. The Morgan fingerprint density at radius 3 is 2.19 bits per heavy atom. The molecule has 0 saturated heterocycles. The summed E-state index contributed by atoms with van der Waals surface area (Å²) < 4.78 is 0. The minimum Gasteiger partial charge on any atom is -0.376 e. The first-order valence-corrected chi connectivity index (χ1v) is 8.90. The van der Waals surface area contributed by atoms with Gasteiger partial charge in [-0.15, -0.1) is 0 Å². The van der Waals surface area contributed by atoms with Crippen LogP contribution in [0.15, 0.2) is 36.4 Å². The molecular formula is C21H27N3O2. The molecule has 0 atom stereocenters. The van der Waals surface area contributed by atoms with Crippen LogP contribution < -0.4 is 16.0 Å². The molecule has 5 nitrogen and oxygen atoms in total. The Balaban J connectivity index is 1.94. The quantitative estimate of drug-likeness (QED) is 0.691. The number of hydrogen-bond acceptors (Lipinski definition) is 3. The van der Waals surface area contributed by atoms with Crippen LogP contribution in [0.2, 0.25) is 0 Å². The highest BCUT2D eigenvalue weighted by atomic mass is 16.2. The number of nitrogens with one attached hydrogen (secondary N) is 3. The Labute approximate surface area is 155 Å². The van der Waals surface area contributed by atoms with Gasteiger partial charge in [-0.3, -0.25) is 9.59 Å². The van der Waals surface area contributed by atoms with E-state index in [0.717, 1.165) is 34.6 Å². The van der Waals surface area contributed by atoms with E-state index in [4.69, 9.17) is 0 Å². The number of amides is 2. The van der Waals surface area contributed by atoms with Crippen LogP contribution in [0, 0.1) is 20.8 Å². The van der Waals surface area contributed by atoms with Gasteiger partial charge in [-0.1, -0.05) is 30.7 Å². The predicted octanol–water partition coefficient (Wildman–Crippen LogP) is 4.40. The van der Waals surface area contributed by atoms with Gasteiger partial charge in [0, 0.05) is 23.5 Å². The number of rotatable bonds is 7. The lowest BCUT2D eigenvalue weighted by atomic mass is 10.1. The third-order valence-corrected chi connectivity index (χ3v) is 4.02. The van der Waals surface area contributed by atoms with Crippen molar-refractivity contribution in [3.8, 4) is 0 Å². The molecule has 2 aromatic carbocycles. The molecule has 0 spiro atoms. The maximum Gasteiger partial charge on any atom is 0.243 e. The second-order valence-corrected chi connectivity index (χ2v) is 6.55. The molecule has 0 aliphatic rings. The SMILES string of the molecule is CCCC(=O)Nc1cccc(NCC(=O)Nc2c(C)cc(C)cc2C)c1. The lowest BCUT2D eigenvalue weighted by molar-refractivity contribution is -0.116. The number of carbonyl (C=O) groups is 2. The molecule has 2 amide bonds.